The van der Waals surface area contributed by atoms with Crippen LogP contribution in [0.5, 0.6) is 0 Å². The summed E-state index contributed by atoms with van der Waals surface area (Å²) in [6.45, 7) is 0.683. The van der Waals surface area contributed by atoms with E-state index < -0.39 is 6.04 Å². The predicted octanol–water partition coefficient (Wildman–Crippen LogP) is -0.426. The zero-order valence-electron chi connectivity index (χ0n) is 11.9. The second-order valence-electron chi connectivity index (χ2n) is 4.51. The van der Waals surface area contributed by atoms with Crippen LogP contribution in [0.1, 0.15) is 5.56 Å². The molecule has 0 spiro atoms. The summed E-state index contributed by atoms with van der Waals surface area (Å²) in [4.78, 5) is 23.0. The first-order chi connectivity index (χ1) is 10.0. The molecule has 1 atom stereocenters. The van der Waals surface area contributed by atoms with Gasteiger partial charge in [-0.1, -0.05) is 12.1 Å². The van der Waals surface area contributed by atoms with Gasteiger partial charge in [0.1, 0.15) is 11.9 Å². The summed E-state index contributed by atoms with van der Waals surface area (Å²) in [5.74, 6) is -0.952. The van der Waals surface area contributed by atoms with Crippen molar-refractivity contribution in [2.75, 3.05) is 26.8 Å². The van der Waals surface area contributed by atoms with Crippen molar-refractivity contribution in [3.8, 4) is 0 Å². The molecule has 0 aliphatic heterocycles. The highest BCUT2D eigenvalue weighted by atomic mass is 19.1. The molecule has 1 aromatic rings. The number of nitrogens with two attached hydrogens (primary N) is 1. The fourth-order valence-electron chi connectivity index (χ4n) is 1.67. The molecule has 0 saturated heterocycles. The van der Waals surface area contributed by atoms with Crippen LogP contribution in [0.15, 0.2) is 24.3 Å². The van der Waals surface area contributed by atoms with Crippen LogP contribution in [0.3, 0.4) is 0 Å². The number of carbonyl (C=O) groups excluding carboxylic acids is 2. The third-order valence-electron chi connectivity index (χ3n) is 2.68. The van der Waals surface area contributed by atoms with E-state index >= 15 is 0 Å². The Balaban J connectivity index is 2.21. The van der Waals surface area contributed by atoms with Gasteiger partial charge < -0.3 is 21.1 Å². The maximum absolute atomic E-state index is 13.0. The minimum atomic E-state index is -0.724. The van der Waals surface area contributed by atoms with Gasteiger partial charge in [-0.2, -0.15) is 0 Å². The molecule has 0 aliphatic rings. The number of hydrogen-bond acceptors (Lipinski definition) is 4. The van der Waals surface area contributed by atoms with Crippen LogP contribution in [-0.4, -0.2) is 44.7 Å². The summed E-state index contributed by atoms with van der Waals surface area (Å²) in [7, 11) is 1.46. The Morgan fingerprint density at radius 1 is 1.33 bits per heavy atom. The lowest BCUT2D eigenvalue weighted by atomic mass is 10.1. The van der Waals surface area contributed by atoms with E-state index in [2.05, 4.69) is 10.6 Å². The van der Waals surface area contributed by atoms with Crippen molar-refractivity contribution in [1.82, 2.24) is 10.6 Å². The van der Waals surface area contributed by atoms with E-state index in [1.807, 2.05) is 0 Å². The summed E-state index contributed by atoms with van der Waals surface area (Å²) in [5.41, 5.74) is 6.12. The average molecular weight is 297 g/mol. The van der Waals surface area contributed by atoms with Gasteiger partial charge in [0.15, 0.2) is 0 Å². The van der Waals surface area contributed by atoms with E-state index in [0.29, 0.717) is 5.56 Å². The van der Waals surface area contributed by atoms with Crippen molar-refractivity contribution in [3.05, 3.63) is 35.6 Å². The van der Waals surface area contributed by atoms with Crippen LogP contribution in [0, 0.1) is 5.82 Å². The summed E-state index contributed by atoms with van der Waals surface area (Å²) in [5, 5.41) is 5.21. The van der Waals surface area contributed by atoms with E-state index in [-0.39, 0.29) is 43.7 Å². The van der Waals surface area contributed by atoms with Crippen molar-refractivity contribution in [3.63, 3.8) is 0 Å². The molecule has 2 amide bonds. The SMILES string of the molecule is COCC(N)C(=O)NCCNC(=O)Cc1cccc(F)c1. The molecule has 21 heavy (non-hydrogen) atoms. The summed E-state index contributed by atoms with van der Waals surface area (Å²) in [6, 6.07) is 5.13. The minimum absolute atomic E-state index is 0.0922. The number of hydrogen-bond donors (Lipinski definition) is 3. The highest BCUT2D eigenvalue weighted by Gasteiger charge is 2.12. The second kappa shape index (κ2) is 9.04. The van der Waals surface area contributed by atoms with E-state index in [0.717, 1.165) is 0 Å². The number of carbonyl (C=O) groups is 2. The highest BCUT2D eigenvalue weighted by Crippen LogP contribution is 2.03. The molecule has 0 heterocycles. The zero-order valence-corrected chi connectivity index (χ0v) is 11.9. The van der Waals surface area contributed by atoms with Crippen molar-refractivity contribution in [2.45, 2.75) is 12.5 Å². The third-order valence-corrected chi connectivity index (χ3v) is 2.68. The lowest BCUT2D eigenvalue weighted by molar-refractivity contribution is -0.124. The van der Waals surface area contributed by atoms with Crippen molar-refractivity contribution in [2.24, 2.45) is 5.73 Å². The van der Waals surface area contributed by atoms with Gasteiger partial charge in [-0.25, -0.2) is 4.39 Å². The van der Waals surface area contributed by atoms with Crippen LogP contribution >= 0.6 is 0 Å². The predicted molar refractivity (Wildman–Crippen MR) is 76.0 cm³/mol. The Kier molecular flexibility index (Phi) is 7.34. The van der Waals surface area contributed by atoms with Gasteiger partial charge in [-0.15, -0.1) is 0 Å². The Morgan fingerprint density at radius 2 is 2.05 bits per heavy atom. The molecule has 7 heteroatoms. The molecule has 4 N–H and O–H groups in total. The standard InChI is InChI=1S/C14H20FN3O3/c1-21-9-12(16)14(20)18-6-5-17-13(19)8-10-3-2-4-11(15)7-10/h2-4,7,12H,5-6,8-9,16H2,1H3,(H,17,19)(H,18,20). The number of halogens is 1. The van der Waals surface area contributed by atoms with E-state index in [1.54, 1.807) is 12.1 Å². The van der Waals surface area contributed by atoms with Gasteiger partial charge in [-0.05, 0) is 17.7 Å². The van der Waals surface area contributed by atoms with Gasteiger partial charge in [-0.3, -0.25) is 9.59 Å². The second-order valence-corrected chi connectivity index (χ2v) is 4.51. The fourth-order valence-corrected chi connectivity index (χ4v) is 1.67. The number of amides is 2. The minimum Gasteiger partial charge on any atom is -0.383 e. The topological polar surface area (TPSA) is 93.4 Å². The molecule has 0 bridgehead atoms. The number of nitrogens with one attached hydrogen (secondary N) is 2. The van der Waals surface area contributed by atoms with E-state index in [1.165, 1.54) is 19.2 Å². The van der Waals surface area contributed by atoms with Gasteiger partial charge in [0.05, 0.1) is 13.0 Å². The Hall–Kier alpha value is -1.99. The first-order valence-electron chi connectivity index (χ1n) is 6.56. The molecule has 1 unspecified atom stereocenters. The Morgan fingerprint density at radius 3 is 2.71 bits per heavy atom. The fraction of sp³-hybridized carbons (Fsp3) is 0.429. The smallest absolute Gasteiger partial charge is 0.239 e. The monoisotopic (exact) mass is 297 g/mol. The van der Waals surface area contributed by atoms with E-state index in [4.69, 9.17) is 10.5 Å². The molecule has 116 valence electrons. The first-order valence-corrected chi connectivity index (χ1v) is 6.56. The van der Waals surface area contributed by atoms with E-state index in [9.17, 15) is 14.0 Å². The molecule has 0 aromatic heterocycles. The molecular formula is C14H20FN3O3. The average Bonchev–Trinajstić information content (AvgIpc) is 2.43. The van der Waals surface area contributed by atoms with Crippen LogP contribution < -0.4 is 16.4 Å². The Bertz CT molecular complexity index is 482. The quantitative estimate of drug-likeness (QED) is 0.568. The molecule has 0 radical (unpaired) electrons. The molecular weight excluding hydrogens is 277 g/mol. The summed E-state index contributed by atoms with van der Waals surface area (Å²) >= 11 is 0. The lowest BCUT2D eigenvalue weighted by Gasteiger charge is -2.11. The molecule has 1 rings (SSSR count). The van der Waals surface area contributed by atoms with Gasteiger partial charge in [0.2, 0.25) is 11.8 Å². The van der Waals surface area contributed by atoms with Gasteiger partial charge in [0.25, 0.3) is 0 Å². The number of rotatable bonds is 8. The number of ether oxygens (including phenoxy) is 1. The van der Waals surface area contributed by atoms with Crippen LogP contribution in [0.2, 0.25) is 0 Å². The van der Waals surface area contributed by atoms with Crippen molar-refractivity contribution in [1.29, 1.82) is 0 Å². The normalized spacial score (nSPS) is 11.8. The van der Waals surface area contributed by atoms with Gasteiger partial charge >= 0.3 is 0 Å². The maximum Gasteiger partial charge on any atom is 0.239 e. The van der Waals surface area contributed by atoms with Crippen molar-refractivity contribution >= 4 is 11.8 Å². The highest BCUT2D eigenvalue weighted by molar-refractivity contribution is 5.81. The number of methoxy groups -OCH3 is 1. The van der Waals surface area contributed by atoms with Crippen LogP contribution in [0.25, 0.3) is 0 Å². The molecule has 1 aromatic carbocycles. The molecule has 6 nitrogen and oxygen atoms in total. The molecule has 0 aliphatic carbocycles. The molecule has 0 fully saturated rings. The lowest BCUT2D eigenvalue weighted by Crippen LogP contribution is -2.45. The van der Waals surface area contributed by atoms with Gasteiger partial charge in [0, 0.05) is 20.2 Å². The van der Waals surface area contributed by atoms with Crippen LogP contribution in [0.4, 0.5) is 4.39 Å². The third kappa shape index (κ3) is 6.82. The molecule has 0 saturated carbocycles. The summed E-state index contributed by atoms with van der Waals surface area (Å²) < 4.78 is 17.7. The zero-order chi connectivity index (χ0) is 15.7. The summed E-state index contributed by atoms with van der Waals surface area (Å²) in [6.07, 6.45) is 0.0922. The van der Waals surface area contributed by atoms with Crippen LogP contribution in [-0.2, 0) is 20.7 Å². The first kappa shape index (κ1) is 17.1. The largest absolute Gasteiger partial charge is 0.383 e. The maximum atomic E-state index is 13.0. The Labute approximate surface area is 122 Å². The number of benzene rings is 1. The van der Waals surface area contributed by atoms with Crippen molar-refractivity contribution < 1.29 is 18.7 Å².